The minimum absolute atomic E-state index is 0.116. The third kappa shape index (κ3) is 2.65. The van der Waals surface area contributed by atoms with Gasteiger partial charge in [0.2, 0.25) is 5.91 Å². The number of likely N-dealkylation sites (tertiary alicyclic amines) is 1. The topological polar surface area (TPSA) is 58.4 Å². The van der Waals surface area contributed by atoms with Crippen LogP contribution in [0.1, 0.15) is 38.5 Å². The van der Waals surface area contributed by atoms with Gasteiger partial charge in [-0.15, -0.1) is 0 Å². The van der Waals surface area contributed by atoms with Crippen LogP contribution >= 0.6 is 0 Å². The van der Waals surface area contributed by atoms with Crippen molar-refractivity contribution in [1.82, 2.24) is 10.2 Å². The Bertz CT molecular complexity index is 326. The van der Waals surface area contributed by atoms with E-state index in [4.69, 9.17) is 5.73 Å². The van der Waals surface area contributed by atoms with E-state index in [1.54, 1.807) is 0 Å². The molecule has 1 saturated carbocycles. The minimum atomic E-state index is 0.116. The molecule has 2 aliphatic heterocycles. The van der Waals surface area contributed by atoms with Gasteiger partial charge >= 0.3 is 0 Å². The molecule has 0 aromatic rings. The van der Waals surface area contributed by atoms with Crippen molar-refractivity contribution in [2.75, 3.05) is 32.7 Å². The van der Waals surface area contributed by atoms with Crippen molar-refractivity contribution in [2.45, 2.75) is 38.5 Å². The zero-order chi connectivity index (χ0) is 13.3. The smallest absolute Gasteiger partial charge is 0.223 e. The summed E-state index contributed by atoms with van der Waals surface area (Å²) in [5.41, 5.74) is 6.11. The van der Waals surface area contributed by atoms with Crippen LogP contribution in [0.4, 0.5) is 0 Å². The van der Waals surface area contributed by atoms with Crippen molar-refractivity contribution in [3.05, 3.63) is 0 Å². The number of nitrogens with one attached hydrogen (secondary N) is 1. The van der Waals surface area contributed by atoms with Gasteiger partial charge in [0.05, 0.1) is 0 Å². The molecular formula is C15H27N3O. The van der Waals surface area contributed by atoms with Gasteiger partial charge in [-0.2, -0.15) is 0 Å². The van der Waals surface area contributed by atoms with Crippen LogP contribution in [-0.2, 0) is 4.79 Å². The third-order valence-electron chi connectivity index (χ3n) is 5.62. The predicted octanol–water partition coefficient (Wildman–Crippen LogP) is 0.963. The monoisotopic (exact) mass is 265 g/mol. The molecule has 0 aromatic heterocycles. The van der Waals surface area contributed by atoms with Gasteiger partial charge < -0.3 is 16.0 Å². The van der Waals surface area contributed by atoms with E-state index in [1.807, 2.05) is 0 Å². The molecule has 19 heavy (non-hydrogen) atoms. The maximum atomic E-state index is 12.6. The fraction of sp³-hybridized carbons (Fsp3) is 0.933. The van der Waals surface area contributed by atoms with Crippen LogP contribution in [0.2, 0.25) is 0 Å². The second kappa shape index (κ2) is 5.41. The second-order valence-corrected chi connectivity index (χ2v) is 6.92. The average Bonchev–Trinajstić information content (AvgIpc) is 3.00. The van der Waals surface area contributed by atoms with E-state index in [2.05, 4.69) is 10.2 Å². The van der Waals surface area contributed by atoms with Crippen LogP contribution < -0.4 is 11.1 Å². The van der Waals surface area contributed by atoms with Crippen LogP contribution in [-0.4, -0.2) is 43.5 Å². The first kappa shape index (κ1) is 13.4. The zero-order valence-electron chi connectivity index (χ0n) is 11.9. The van der Waals surface area contributed by atoms with Gasteiger partial charge in [-0.1, -0.05) is 19.3 Å². The molecule has 0 unspecified atom stereocenters. The Kier molecular flexibility index (Phi) is 3.81. The van der Waals surface area contributed by atoms with Crippen LogP contribution in [0.5, 0.6) is 0 Å². The third-order valence-corrected chi connectivity index (χ3v) is 5.62. The fourth-order valence-corrected chi connectivity index (χ4v) is 4.25. The number of nitrogens with zero attached hydrogens (tertiary/aromatic N) is 1. The Hall–Kier alpha value is -0.610. The second-order valence-electron chi connectivity index (χ2n) is 6.92. The van der Waals surface area contributed by atoms with Gasteiger partial charge in [0.1, 0.15) is 0 Å². The first-order valence-corrected chi connectivity index (χ1v) is 7.91. The molecule has 0 radical (unpaired) electrons. The van der Waals surface area contributed by atoms with Crippen LogP contribution in [0, 0.1) is 17.3 Å². The maximum absolute atomic E-state index is 12.6. The van der Waals surface area contributed by atoms with E-state index in [1.165, 1.54) is 19.3 Å². The number of carbonyl (C=O) groups is 1. The molecule has 0 spiro atoms. The molecule has 3 rings (SSSR count). The molecule has 2 saturated heterocycles. The quantitative estimate of drug-likeness (QED) is 0.799. The van der Waals surface area contributed by atoms with Crippen molar-refractivity contribution in [3.8, 4) is 0 Å². The van der Waals surface area contributed by atoms with E-state index < -0.39 is 0 Å². The molecular weight excluding hydrogens is 238 g/mol. The summed E-state index contributed by atoms with van der Waals surface area (Å²) in [5, 5.41) is 3.43. The van der Waals surface area contributed by atoms with E-state index in [9.17, 15) is 4.79 Å². The first-order chi connectivity index (χ1) is 9.22. The number of hydrogen-bond acceptors (Lipinski definition) is 3. The van der Waals surface area contributed by atoms with E-state index in [-0.39, 0.29) is 5.41 Å². The Morgan fingerprint density at radius 2 is 1.79 bits per heavy atom. The summed E-state index contributed by atoms with van der Waals surface area (Å²) in [4.78, 5) is 14.7. The highest BCUT2D eigenvalue weighted by molar-refractivity contribution is 5.77. The number of fused-ring (bicyclic) bond motifs is 1. The Morgan fingerprint density at radius 1 is 1.16 bits per heavy atom. The standard InChI is InChI=1S/C15H27N3O/c16-11-15(4-2-1-3-5-15)6-14(19)18-9-12-7-17-8-13(12)10-18/h12-13,17H,1-11,16H2/t12-,13+. The molecule has 0 bridgehead atoms. The van der Waals surface area contributed by atoms with E-state index in [0.29, 0.717) is 30.7 Å². The lowest BCUT2D eigenvalue weighted by Gasteiger charge is -2.36. The summed E-state index contributed by atoms with van der Waals surface area (Å²) in [6.07, 6.45) is 6.81. The average molecular weight is 265 g/mol. The molecule has 3 aliphatic rings. The SMILES string of the molecule is NCC1(CC(=O)N2C[C@H]3CNC[C@H]3C2)CCCCC1. The van der Waals surface area contributed by atoms with Gasteiger partial charge in [0.25, 0.3) is 0 Å². The molecule has 1 amide bonds. The van der Waals surface area contributed by atoms with Crippen molar-refractivity contribution < 1.29 is 4.79 Å². The zero-order valence-corrected chi connectivity index (χ0v) is 11.9. The lowest BCUT2D eigenvalue weighted by molar-refractivity contribution is -0.133. The van der Waals surface area contributed by atoms with Gasteiger partial charge in [-0.25, -0.2) is 0 Å². The summed E-state index contributed by atoms with van der Waals surface area (Å²) in [5.74, 6) is 1.76. The van der Waals surface area contributed by atoms with Crippen molar-refractivity contribution in [3.63, 3.8) is 0 Å². The number of hydrogen-bond donors (Lipinski definition) is 2. The van der Waals surface area contributed by atoms with E-state index >= 15 is 0 Å². The number of nitrogens with two attached hydrogens (primary N) is 1. The minimum Gasteiger partial charge on any atom is -0.342 e. The highest BCUT2D eigenvalue weighted by Gasteiger charge is 2.40. The summed E-state index contributed by atoms with van der Waals surface area (Å²) in [6.45, 7) is 4.81. The molecule has 1 aliphatic carbocycles. The maximum Gasteiger partial charge on any atom is 0.223 e. The number of amides is 1. The molecule has 3 N–H and O–H groups in total. The Labute approximate surface area is 116 Å². The number of rotatable bonds is 3. The van der Waals surface area contributed by atoms with Crippen LogP contribution in [0.15, 0.2) is 0 Å². The predicted molar refractivity (Wildman–Crippen MR) is 75.6 cm³/mol. The normalized spacial score (nSPS) is 33.4. The molecule has 2 atom stereocenters. The fourth-order valence-electron chi connectivity index (χ4n) is 4.25. The van der Waals surface area contributed by atoms with Crippen LogP contribution in [0.3, 0.4) is 0 Å². The molecule has 0 aromatic carbocycles. The van der Waals surface area contributed by atoms with Crippen molar-refractivity contribution in [1.29, 1.82) is 0 Å². The molecule has 2 heterocycles. The lowest BCUT2D eigenvalue weighted by Crippen LogP contribution is -2.40. The first-order valence-electron chi connectivity index (χ1n) is 7.91. The van der Waals surface area contributed by atoms with Crippen LogP contribution in [0.25, 0.3) is 0 Å². The number of carbonyl (C=O) groups excluding carboxylic acids is 1. The highest BCUT2D eigenvalue weighted by atomic mass is 16.2. The van der Waals surface area contributed by atoms with Crippen molar-refractivity contribution in [2.24, 2.45) is 23.0 Å². The van der Waals surface area contributed by atoms with Gasteiger partial charge in [-0.3, -0.25) is 4.79 Å². The Balaban J connectivity index is 1.58. The Morgan fingerprint density at radius 3 is 2.37 bits per heavy atom. The highest BCUT2D eigenvalue weighted by Crippen LogP contribution is 2.39. The molecule has 4 nitrogen and oxygen atoms in total. The van der Waals surface area contributed by atoms with Gasteiger partial charge in [0.15, 0.2) is 0 Å². The summed E-state index contributed by atoms with van der Waals surface area (Å²) in [6, 6.07) is 0. The van der Waals surface area contributed by atoms with Gasteiger partial charge in [0, 0.05) is 32.6 Å². The molecule has 3 fully saturated rings. The summed E-state index contributed by atoms with van der Waals surface area (Å²) in [7, 11) is 0. The molecule has 108 valence electrons. The lowest BCUT2D eigenvalue weighted by atomic mass is 9.71. The summed E-state index contributed by atoms with van der Waals surface area (Å²) >= 11 is 0. The summed E-state index contributed by atoms with van der Waals surface area (Å²) < 4.78 is 0. The largest absolute Gasteiger partial charge is 0.342 e. The van der Waals surface area contributed by atoms with E-state index in [0.717, 1.165) is 39.0 Å². The van der Waals surface area contributed by atoms with Gasteiger partial charge in [-0.05, 0) is 36.6 Å². The molecule has 4 heteroatoms. The van der Waals surface area contributed by atoms with Crippen molar-refractivity contribution >= 4 is 5.91 Å².